The zero-order valence-electron chi connectivity index (χ0n) is 11.7. The van der Waals surface area contributed by atoms with E-state index in [1.165, 1.54) is 19.2 Å². The van der Waals surface area contributed by atoms with Crippen LogP contribution in [0.15, 0.2) is 0 Å². The number of methoxy groups -OCH3 is 1. The Hall–Kier alpha value is -0.750. The van der Waals surface area contributed by atoms with Crippen LogP contribution in [0.2, 0.25) is 0 Å². The highest BCUT2D eigenvalue weighted by Crippen LogP contribution is 2.10. The minimum atomic E-state index is -0.433. The zero-order chi connectivity index (χ0) is 14.4. The van der Waals surface area contributed by atoms with Gasteiger partial charge in [-0.2, -0.15) is 0 Å². The summed E-state index contributed by atoms with van der Waals surface area (Å²) in [4.78, 5) is 20.7. The lowest BCUT2D eigenvalue weighted by Crippen LogP contribution is -2.16. The Morgan fingerprint density at radius 2 is 1.94 bits per heavy atom. The molecule has 0 unspecified atom stereocenters. The Labute approximate surface area is 114 Å². The van der Waals surface area contributed by atoms with E-state index in [0.29, 0.717) is 12.3 Å². The minimum absolute atomic E-state index is 0.0139. The Morgan fingerprint density at radius 1 is 1.33 bits per heavy atom. The predicted molar refractivity (Wildman–Crippen MR) is 74.0 cm³/mol. The van der Waals surface area contributed by atoms with E-state index in [2.05, 4.69) is 17.4 Å². The van der Waals surface area contributed by atoms with Crippen molar-refractivity contribution in [1.29, 1.82) is 0 Å². The second kappa shape index (κ2) is 14.3. The van der Waals surface area contributed by atoms with E-state index in [1.807, 2.05) is 13.8 Å². The lowest BCUT2D eigenvalue weighted by molar-refractivity contribution is -0.133. The van der Waals surface area contributed by atoms with E-state index < -0.39 is 5.91 Å². The van der Waals surface area contributed by atoms with E-state index in [4.69, 9.17) is 4.18 Å². The maximum atomic E-state index is 11.0. The number of carbonyl (C=O) groups excluding carboxylic acids is 2. The molecule has 0 atom stereocenters. The van der Waals surface area contributed by atoms with Gasteiger partial charge in [0.25, 0.3) is 0 Å². The second-order valence-electron chi connectivity index (χ2n) is 4.13. The van der Waals surface area contributed by atoms with Crippen LogP contribution >= 0.6 is 12.0 Å². The van der Waals surface area contributed by atoms with Crippen LogP contribution in [-0.2, 0) is 18.5 Å². The molecule has 0 saturated carbocycles. The fourth-order valence-electron chi connectivity index (χ4n) is 0.820. The summed E-state index contributed by atoms with van der Waals surface area (Å²) >= 11 is 1.28. The van der Waals surface area contributed by atoms with E-state index in [0.717, 1.165) is 18.6 Å². The number of hydrogen-bond acceptors (Lipinski definition) is 5. The average molecular weight is 279 g/mol. The lowest BCUT2D eigenvalue weighted by Gasteiger charge is -2.03. The molecule has 0 spiro atoms. The molecule has 2 N–H and O–H groups in total. The van der Waals surface area contributed by atoms with Gasteiger partial charge in [0.15, 0.2) is 0 Å². The third-order valence-electron chi connectivity index (χ3n) is 1.59. The van der Waals surface area contributed by atoms with Gasteiger partial charge in [0.1, 0.15) is 6.61 Å². The molecule has 0 aliphatic rings. The molecule has 0 fully saturated rings. The lowest BCUT2D eigenvalue weighted by atomic mass is 10.1. The van der Waals surface area contributed by atoms with Gasteiger partial charge < -0.3 is 14.7 Å². The van der Waals surface area contributed by atoms with Crippen molar-refractivity contribution in [3.8, 4) is 0 Å². The summed E-state index contributed by atoms with van der Waals surface area (Å²) in [6.45, 7) is 6.16. The summed E-state index contributed by atoms with van der Waals surface area (Å²) in [5, 5.41) is 0. The van der Waals surface area contributed by atoms with Crippen LogP contribution in [0.5, 0.6) is 0 Å². The summed E-state index contributed by atoms with van der Waals surface area (Å²) in [7, 11) is 1.42. The molecule has 0 aliphatic heterocycles. The monoisotopic (exact) mass is 279 g/mol. The molecule has 0 aromatic heterocycles. The molecule has 108 valence electrons. The van der Waals surface area contributed by atoms with E-state index >= 15 is 0 Å². The van der Waals surface area contributed by atoms with Crippen LogP contribution in [0, 0.1) is 5.92 Å². The molecule has 0 heterocycles. The number of amides is 1. The normalized spacial score (nSPS) is 9.61. The molecule has 0 radical (unpaired) electrons. The summed E-state index contributed by atoms with van der Waals surface area (Å²) in [5.74, 6) is 0.785. The molecule has 5 nitrogen and oxygen atoms in total. The predicted octanol–water partition coefficient (Wildman–Crippen LogP) is 2.14. The van der Waals surface area contributed by atoms with Gasteiger partial charge >= 0.3 is 5.97 Å². The zero-order valence-corrected chi connectivity index (χ0v) is 12.5. The Morgan fingerprint density at radius 3 is 2.28 bits per heavy atom. The van der Waals surface area contributed by atoms with Crippen molar-refractivity contribution in [2.45, 2.75) is 40.0 Å². The van der Waals surface area contributed by atoms with Crippen LogP contribution < -0.4 is 5.73 Å². The van der Waals surface area contributed by atoms with Crippen LogP contribution in [0.3, 0.4) is 0 Å². The SMILES string of the molecule is CCCCSOC(=O)CC(C)C.COCC(N)=O. The third kappa shape index (κ3) is 20.6. The van der Waals surface area contributed by atoms with Crippen LogP contribution in [0.4, 0.5) is 0 Å². The first-order valence-electron chi connectivity index (χ1n) is 6.03. The van der Waals surface area contributed by atoms with Gasteiger partial charge in [-0.05, 0) is 12.3 Å². The molecular weight excluding hydrogens is 254 g/mol. The van der Waals surface area contributed by atoms with Gasteiger partial charge in [0, 0.05) is 19.3 Å². The molecule has 0 rings (SSSR count). The topological polar surface area (TPSA) is 78.6 Å². The van der Waals surface area contributed by atoms with E-state index in [-0.39, 0.29) is 12.6 Å². The molecule has 0 saturated heterocycles. The third-order valence-corrected chi connectivity index (χ3v) is 2.35. The summed E-state index contributed by atoms with van der Waals surface area (Å²) in [6, 6.07) is 0. The first-order chi connectivity index (χ1) is 8.43. The first kappa shape index (κ1) is 19.6. The smallest absolute Gasteiger partial charge is 0.318 e. The number of ether oxygens (including phenoxy) is 1. The number of rotatable bonds is 8. The molecule has 0 aromatic carbocycles. The van der Waals surface area contributed by atoms with Crippen molar-refractivity contribution in [2.24, 2.45) is 11.7 Å². The minimum Gasteiger partial charge on any atom is -0.391 e. The largest absolute Gasteiger partial charge is 0.391 e. The van der Waals surface area contributed by atoms with Gasteiger partial charge in [0.2, 0.25) is 5.91 Å². The number of primary amides is 1. The van der Waals surface area contributed by atoms with Crippen molar-refractivity contribution < 1.29 is 18.5 Å². The highest BCUT2D eigenvalue weighted by molar-refractivity contribution is 7.95. The Kier molecular flexibility index (Phi) is 15.6. The highest BCUT2D eigenvalue weighted by Gasteiger charge is 2.05. The summed E-state index contributed by atoms with van der Waals surface area (Å²) < 4.78 is 9.26. The quantitative estimate of drug-likeness (QED) is 0.544. The molecule has 6 heteroatoms. The van der Waals surface area contributed by atoms with Gasteiger partial charge in [-0.1, -0.05) is 27.2 Å². The first-order valence-corrected chi connectivity index (χ1v) is 6.94. The van der Waals surface area contributed by atoms with Crippen molar-refractivity contribution in [1.82, 2.24) is 0 Å². The van der Waals surface area contributed by atoms with Gasteiger partial charge in [0.05, 0.1) is 12.0 Å². The number of nitrogens with two attached hydrogens (primary N) is 1. The summed E-state index contributed by atoms with van der Waals surface area (Å²) in [6.07, 6.45) is 2.79. The number of hydrogen-bond donors (Lipinski definition) is 1. The Bertz CT molecular complexity index is 222. The van der Waals surface area contributed by atoms with Crippen molar-refractivity contribution >= 4 is 23.9 Å². The fourth-order valence-corrected chi connectivity index (χ4v) is 1.51. The second-order valence-corrected chi connectivity index (χ2v) is 4.94. The maximum Gasteiger partial charge on any atom is 0.318 e. The van der Waals surface area contributed by atoms with Crippen molar-refractivity contribution in [3.63, 3.8) is 0 Å². The van der Waals surface area contributed by atoms with E-state index in [9.17, 15) is 9.59 Å². The van der Waals surface area contributed by atoms with Crippen molar-refractivity contribution in [2.75, 3.05) is 19.5 Å². The van der Waals surface area contributed by atoms with Crippen LogP contribution in [0.1, 0.15) is 40.0 Å². The van der Waals surface area contributed by atoms with E-state index in [1.54, 1.807) is 0 Å². The standard InChI is InChI=1S/C9H18O2S.C3H7NO2/c1-4-5-6-12-11-9(10)7-8(2)3;1-6-2-3(4)5/h8H,4-7H2,1-3H3;2H2,1H3,(H2,4,5). The molecular formula is C12H25NO4S. The van der Waals surface area contributed by atoms with Crippen molar-refractivity contribution in [3.05, 3.63) is 0 Å². The van der Waals surface area contributed by atoms with Gasteiger partial charge in [-0.25, -0.2) is 0 Å². The highest BCUT2D eigenvalue weighted by atomic mass is 32.2. The maximum absolute atomic E-state index is 11.0. The molecule has 0 aromatic rings. The number of unbranched alkanes of at least 4 members (excludes halogenated alkanes) is 1. The Balaban J connectivity index is 0. The average Bonchev–Trinajstić information content (AvgIpc) is 2.24. The molecule has 0 aliphatic carbocycles. The van der Waals surface area contributed by atoms with Crippen LogP contribution in [-0.4, -0.2) is 31.3 Å². The van der Waals surface area contributed by atoms with Crippen LogP contribution in [0.25, 0.3) is 0 Å². The number of carbonyl (C=O) groups is 2. The molecule has 0 bridgehead atoms. The fraction of sp³-hybridized carbons (Fsp3) is 0.833. The molecule has 18 heavy (non-hydrogen) atoms. The van der Waals surface area contributed by atoms with Gasteiger partial charge in [-0.15, -0.1) is 0 Å². The van der Waals surface area contributed by atoms with Gasteiger partial charge in [-0.3, -0.25) is 9.59 Å². The summed E-state index contributed by atoms with van der Waals surface area (Å²) in [5.41, 5.74) is 4.64. The molecule has 1 amide bonds.